The quantitative estimate of drug-likeness (QED) is 0.830. The van der Waals surface area contributed by atoms with E-state index in [2.05, 4.69) is 17.5 Å². The van der Waals surface area contributed by atoms with Gasteiger partial charge in [0.1, 0.15) is 4.99 Å². The van der Waals surface area contributed by atoms with Crippen LogP contribution in [-0.4, -0.2) is 12.1 Å². The van der Waals surface area contributed by atoms with Crippen molar-refractivity contribution >= 4 is 28.6 Å². The summed E-state index contributed by atoms with van der Waals surface area (Å²) in [6.45, 7) is 0.437. The number of hydrogen-bond acceptors (Lipinski definition) is 3. The average molecular weight is 308 g/mol. The van der Waals surface area contributed by atoms with Crippen molar-refractivity contribution in [1.82, 2.24) is 0 Å². The fraction of sp³-hybridized carbons (Fsp3) is 0.133. The van der Waals surface area contributed by atoms with Crippen LogP contribution in [0.25, 0.3) is 0 Å². The highest BCUT2D eigenvalue weighted by Gasteiger charge is 2.15. The van der Waals surface area contributed by atoms with Crippen LogP contribution in [0.15, 0.2) is 36.4 Å². The van der Waals surface area contributed by atoms with Crippen LogP contribution in [-0.2, 0) is 11.3 Å². The lowest BCUT2D eigenvalue weighted by Crippen LogP contribution is -2.13. The third kappa shape index (κ3) is 3.53. The Morgan fingerprint density at radius 3 is 2.67 bits per heavy atom. The Kier molecular flexibility index (Phi) is 4.82. The van der Waals surface area contributed by atoms with Crippen LogP contribution in [0.3, 0.4) is 0 Å². The van der Waals surface area contributed by atoms with E-state index in [0.29, 0.717) is 12.3 Å². The maximum atomic E-state index is 14.0. The highest BCUT2D eigenvalue weighted by molar-refractivity contribution is 7.80. The lowest BCUT2D eigenvalue weighted by Gasteiger charge is -2.11. The Morgan fingerprint density at radius 2 is 2.00 bits per heavy atom. The monoisotopic (exact) mass is 308 g/mol. The fourth-order valence-electron chi connectivity index (χ4n) is 1.90. The molecular formula is C15H14F2N2OS. The number of rotatable bonds is 5. The van der Waals surface area contributed by atoms with Gasteiger partial charge >= 0.3 is 0 Å². The zero-order valence-electron chi connectivity index (χ0n) is 11.3. The van der Waals surface area contributed by atoms with Crippen LogP contribution in [0.5, 0.6) is 0 Å². The van der Waals surface area contributed by atoms with Crippen LogP contribution in [0.1, 0.15) is 11.1 Å². The number of methoxy groups -OCH3 is 1. The summed E-state index contributed by atoms with van der Waals surface area (Å²) in [6.07, 6.45) is 0. The Balaban J connectivity index is 2.30. The molecule has 3 N–H and O–H groups in total. The molecule has 0 bridgehead atoms. The Labute approximate surface area is 126 Å². The summed E-state index contributed by atoms with van der Waals surface area (Å²) < 4.78 is 32.8. The smallest absolute Gasteiger partial charge is 0.182 e. The molecule has 0 saturated carbocycles. The van der Waals surface area contributed by atoms with E-state index in [1.54, 1.807) is 25.3 Å². The molecule has 0 aliphatic carbocycles. The second kappa shape index (κ2) is 6.60. The maximum Gasteiger partial charge on any atom is 0.182 e. The van der Waals surface area contributed by atoms with E-state index in [-0.39, 0.29) is 16.2 Å². The molecule has 2 aromatic carbocycles. The van der Waals surface area contributed by atoms with Crippen LogP contribution in [0, 0.1) is 11.6 Å². The summed E-state index contributed by atoms with van der Waals surface area (Å²) in [6, 6.07) is 9.97. The molecule has 0 atom stereocenters. The molecule has 6 heteroatoms. The predicted octanol–water partition coefficient (Wildman–Crippen LogP) is 3.49. The van der Waals surface area contributed by atoms with Gasteiger partial charge in [0.05, 0.1) is 12.3 Å². The zero-order chi connectivity index (χ0) is 15.4. The SMILES string of the molecule is COCc1cccc(Nc2ccc(C(N)=S)c(F)c2F)c1. The van der Waals surface area contributed by atoms with Crippen molar-refractivity contribution in [3.05, 3.63) is 59.2 Å². The van der Waals surface area contributed by atoms with E-state index >= 15 is 0 Å². The summed E-state index contributed by atoms with van der Waals surface area (Å²) in [5, 5.41) is 2.82. The number of halogens is 2. The molecule has 0 spiro atoms. The van der Waals surface area contributed by atoms with Crippen molar-refractivity contribution in [3.63, 3.8) is 0 Å². The van der Waals surface area contributed by atoms with Crippen LogP contribution in [0.4, 0.5) is 20.2 Å². The molecule has 110 valence electrons. The van der Waals surface area contributed by atoms with Gasteiger partial charge in [-0.3, -0.25) is 0 Å². The topological polar surface area (TPSA) is 47.3 Å². The number of hydrogen-bond donors (Lipinski definition) is 2. The summed E-state index contributed by atoms with van der Waals surface area (Å²) in [4.78, 5) is -0.181. The molecule has 2 aromatic rings. The van der Waals surface area contributed by atoms with E-state index in [4.69, 9.17) is 10.5 Å². The molecule has 0 aromatic heterocycles. The second-order valence-electron chi connectivity index (χ2n) is 4.41. The molecule has 0 heterocycles. The van der Waals surface area contributed by atoms with Crippen molar-refractivity contribution < 1.29 is 13.5 Å². The van der Waals surface area contributed by atoms with E-state index < -0.39 is 11.6 Å². The first-order valence-electron chi connectivity index (χ1n) is 6.15. The number of thiocarbonyl (C=S) groups is 1. The van der Waals surface area contributed by atoms with Crippen molar-refractivity contribution in [3.8, 4) is 0 Å². The molecule has 0 aliphatic rings. The molecule has 2 rings (SSSR count). The average Bonchev–Trinajstić information content (AvgIpc) is 2.44. The summed E-state index contributed by atoms with van der Waals surface area (Å²) in [5.74, 6) is -2.07. The van der Waals surface area contributed by atoms with E-state index in [1.807, 2.05) is 6.07 Å². The lowest BCUT2D eigenvalue weighted by atomic mass is 10.1. The van der Waals surface area contributed by atoms with Crippen molar-refractivity contribution in [2.45, 2.75) is 6.61 Å². The number of nitrogens with two attached hydrogens (primary N) is 1. The molecule has 0 saturated heterocycles. The fourth-order valence-corrected chi connectivity index (χ4v) is 2.05. The Hall–Kier alpha value is -2.05. The lowest BCUT2D eigenvalue weighted by molar-refractivity contribution is 0.185. The first-order valence-corrected chi connectivity index (χ1v) is 6.56. The third-order valence-corrected chi connectivity index (χ3v) is 3.08. The summed E-state index contributed by atoms with van der Waals surface area (Å²) in [5.41, 5.74) is 6.79. The van der Waals surface area contributed by atoms with Gasteiger partial charge in [-0.1, -0.05) is 24.4 Å². The maximum absolute atomic E-state index is 14.0. The van der Waals surface area contributed by atoms with Crippen LogP contribution < -0.4 is 11.1 Å². The summed E-state index contributed by atoms with van der Waals surface area (Å²) in [7, 11) is 1.59. The minimum atomic E-state index is -1.06. The van der Waals surface area contributed by atoms with Gasteiger partial charge in [-0.2, -0.15) is 0 Å². The van der Waals surface area contributed by atoms with Crippen LogP contribution >= 0.6 is 12.2 Å². The van der Waals surface area contributed by atoms with Gasteiger partial charge < -0.3 is 15.8 Å². The van der Waals surface area contributed by atoms with Gasteiger partial charge in [-0.15, -0.1) is 0 Å². The highest BCUT2D eigenvalue weighted by atomic mass is 32.1. The Morgan fingerprint density at radius 1 is 1.24 bits per heavy atom. The molecule has 3 nitrogen and oxygen atoms in total. The molecule has 0 aliphatic heterocycles. The minimum Gasteiger partial charge on any atom is -0.389 e. The van der Waals surface area contributed by atoms with Crippen LogP contribution in [0.2, 0.25) is 0 Å². The molecule has 21 heavy (non-hydrogen) atoms. The van der Waals surface area contributed by atoms with Gasteiger partial charge in [-0.25, -0.2) is 8.78 Å². The van der Waals surface area contributed by atoms with E-state index in [0.717, 1.165) is 5.56 Å². The number of ether oxygens (including phenoxy) is 1. The second-order valence-corrected chi connectivity index (χ2v) is 4.85. The molecule has 0 radical (unpaired) electrons. The first kappa shape index (κ1) is 15.3. The number of benzene rings is 2. The molecule has 0 unspecified atom stereocenters. The minimum absolute atomic E-state index is 0.0158. The standard InChI is InChI=1S/C15H14F2N2OS/c1-20-8-9-3-2-4-10(7-9)19-12-6-5-11(15(18)21)13(16)14(12)17/h2-7,19H,8H2,1H3,(H2,18,21). The van der Waals surface area contributed by atoms with Crippen molar-refractivity contribution in [2.75, 3.05) is 12.4 Å². The summed E-state index contributed by atoms with van der Waals surface area (Å²) >= 11 is 4.67. The normalized spacial score (nSPS) is 10.4. The highest BCUT2D eigenvalue weighted by Crippen LogP contribution is 2.24. The molecular weight excluding hydrogens is 294 g/mol. The molecule has 0 fully saturated rings. The first-order chi connectivity index (χ1) is 10.0. The van der Waals surface area contributed by atoms with E-state index in [1.165, 1.54) is 12.1 Å². The van der Waals surface area contributed by atoms with Gasteiger partial charge in [-0.05, 0) is 29.8 Å². The van der Waals surface area contributed by atoms with Gasteiger partial charge in [0.15, 0.2) is 11.6 Å². The molecule has 0 amide bonds. The van der Waals surface area contributed by atoms with Gasteiger partial charge in [0, 0.05) is 18.4 Å². The zero-order valence-corrected chi connectivity index (χ0v) is 12.1. The van der Waals surface area contributed by atoms with E-state index in [9.17, 15) is 8.78 Å². The predicted molar refractivity (Wildman–Crippen MR) is 82.7 cm³/mol. The van der Waals surface area contributed by atoms with Crippen molar-refractivity contribution in [1.29, 1.82) is 0 Å². The third-order valence-electron chi connectivity index (χ3n) is 2.86. The number of anilines is 2. The van der Waals surface area contributed by atoms with Crippen molar-refractivity contribution in [2.24, 2.45) is 5.73 Å². The Bertz CT molecular complexity index is 677. The van der Waals surface area contributed by atoms with Gasteiger partial charge in [0.25, 0.3) is 0 Å². The number of nitrogens with one attached hydrogen (secondary N) is 1. The van der Waals surface area contributed by atoms with Gasteiger partial charge in [0.2, 0.25) is 0 Å². The largest absolute Gasteiger partial charge is 0.389 e.